The van der Waals surface area contributed by atoms with Crippen molar-refractivity contribution in [2.45, 2.75) is 6.92 Å². The molecule has 1 aromatic heterocycles. The summed E-state index contributed by atoms with van der Waals surface area (Å²) >= 11 is 4.89. The second kappa shape index (κ2) is 3.98. The van der Waals surface area contributed by atoms with E-state index in [1.54, 1.807) is 18.6 Å². The third-order valence-electron chi connectivity index (χ3n) is 1.05. The lowest BCUT2D eigenvalue weighted by Gasteiger charge is -2.01. The maximum Gasteiger partial charge on any atom is 0.211 e. The summed E-state index contributed by atoms with van der Waals surface area (Å²) in [5.41, 5.74) is 0.615. The molecule has 3 nitrogen and oxygen atoms in total. The molecular weight excluding hydrogens is 160 g/mol. The van der Waals surface area contributed by atoms with Gasteiger partial charge in [-0.25, -0.2) is 4.98 Å². The van der Waals surface area contributed by atoms with Crippen LogP contribution in [0, 0.1) is 0 Å². The molecule has 0 N–H and O–H groups in total. The van der Waals surface area contributed by atoms with Crippen molar-refractivity contribution in [1.29, 1.82) is 0 Å². The van der Waals surface area contributed by atoms with Gasteiger partial charge in [-0.05, 0) is 19.1 Å². The predicted octanol–water partition coefficient (Wildman–Crippen LogP) is 1.19. The number of ether oxygens (including phenoxy) is 1. The molecule has 11 heavy (non-hydrogen) atoms. The minimum Gasteiger partial charge on any atom is -0.482 e. The fourth-order valence-electron chi connectivity index (χ4n) is 0.610. The fraction of sp³-hybridized carbons (Fsp3) is 0.286. The molecule has 0 aliphatic rings. The Balaban J connectivity index is 2.69. The highest BCUT2D eigenvalue weighted by Gasteiger charge is 2.00. The lowest BCUT2D eigenvalue weighted by atomic mass is 10.5. The SMILES string of the molecule is CCOC(=S)c1cnccn1. The Hall–Kier alpha value is -1.03. The van der Waals surface area contributed by atoms with Gasteiger partial charge < -0.3 is 4.74 Å². The quantitative estimate of drug-likeness (QED) is 0.621. The van der Waals surface area contributed by atoms with Crippen molar-refractivity contribution in [2.24, 2.45) is 0 Å². The zero-order valence-electron chi connectivity index (χ0n) is 6.15. The molecule has 1 rings (SSSR count). The van der Waals surface area contributed by atoms with Crippen LogP contribution in [0.5, 0.6) is 0 Å². The maximum absolute atomic E-state index is 5.06. The van der Waals surface area contributed by atoms with E-state index < -0.39 is 0 Å². The van der Waals surface area contributed by atoms with Gasteiger partial charge in [0.25, 0.3) is 0 Å². The Morgan fingerprint density at radius 1 is 1.64 bits per heavy atom. The molecule has 0 aliphatic heterocycles. The number of thiocarbonyl (C=S) groups is 1. The van der Waals surface area contributed by atoms with E-state index in [0.29, 0.717) is 17.4 Å². The first-order valence-electron chi connectivity index (χ1n) is 3.27. The first-order valence-corrected chi connectivity index (χ1v) is 3.68. The van der Waals surface area contributed by atoms with Crippen LogP contribution in [0.15, 0.2) is 18.6 Å². The molecule has 0 aromatic carbocycles. The normalized spacial score (nSPS) is 9.18. The summed E-state index contributed by atoms with van der Waals surface area (Å²) in [5.74, 6) is 0. The molecule has 0 bridgehead atoms. The number of aromatic nitrogens is 2. The fourth-order valence-corrected chi connectivity index (χ4v) is 0.833. The molecule has 0 amide bonds. The summed E-state index contributed by atoms with van der Waals surface area (Å²) in [4.78, 5) is 7.83. The highest BCUT2D eigenvalue weighted by atomic mass is 32.1. The average Bonchev–Trinajstić information content (AvgIpc) is 2.07. The van der Waals surface area contributed by atoms with Gasteiger partial charge >= 0.3 is 0 Å². The summed E-state index contributed by atoms with van der Waals surface area (Å²) < 4.78 is 5.06. The van der Waals surface area contributed by atoms with Crippen molar-refractivity contribution in [3.8, 4) is 0 Å². The van der Waals surface area contributed by atoms with Gasteiger partial charge in [0.15, 0.2) is 0 Å². The van der Waals surface area contributed by atoms with Crippen LogP contribution in [-0.2, 0) is 4.74 Å². The van der Waals surface area contributed by atoms with Gasteiger partial charge in [0.1, 0.15) is 5.69 Å². The van der Waals surface area contributed by atoms with Crippen LogP contribution in [0.4, 0.5) is 0 Å². The Kier molecular flexibility index (Phi) is 2.92. The highest BCUT2D eigenvalue weighted by Crippen LogP contribution is 1.95. The van der Waals surface area contributed by atoms with Gasteiger partial charge in [0.05, 0.1) is 12.8 Å². The largest absolute Gasteiger partial charge is 0.482 e. The molecule has 0 atom stereocenters. The van der Waals surface area contributed by atoms with E-state index in [-0.39, 0.29) is 0 Å². The monoisotopic (exact) mass is 168 g/mol. The van der Waals surface area contributed by atoms with Crippen LogP contribution >= 0.6 is 12.2 Å². The summed E-state index contributed by atoms with van der Waals surface area (Å²) in [5, 5.41) is 0.403. The smallest absolute Gasteiger partial charge is 0.211 e. The second-order valence-corrected chi connectivity index (χ2v) is 2.18. The topological polar surface area (TPSA) is 35.0 Å². The van der Waals surface area contributed by atoms with Crippen molar-refractivity contribution in [3.63, 3.8) is 0 Å². The summed E-state index contributed by atoms with van der Waals surface area (Å²) in [6, 6.07) is 0. The van der Waals surface area contributed by atoms with E-state index in [1.807, 2.05) is 6.92 Å². The van der Waals surface area contributed by atoms with E-state index >= 15 is 0 Å². The first kappa shape index (κ1) is 8.07. The third-order valence-corrected chi connectivity index (χ3v) is 1.37. The van der Waals surface area contributed by atoms with Gasteiger partial charge in [-0.2, -0.15) is 0 Å². The van der Waals surface area contributed by atoms with Crippen LogP contribution in [0.2, 0.25) is 0 Å². The first-order chi connectivity index (χ1) is 5.34. The minimum atomic E-state index is 0.403. The Labute approximate surface area is 70.4 Å². The number of rotatable bonds is 2. The maximum atomic E-state index is 5.06. The van der Waals surface area contributed by atoms with Crippen LogP contribution < -0.4 is 0 Å². The van der Waals surface area contributed by atoms with E-state index in [4.69, 9.17) is 17.0 Å². The molecule has 1 heterocycles. The Morgan fingerprint density at radius 3 is 3.00 bits per heavy atom. The van der Waals surface area contributed by atoms with Crippen molar-refractivity contribution in [1.82, 2.24) is 9.97 Å². The van der Waals surface area contributed by atoms with Gasteiger partial charge in [0, 0.05) is 12.4 Å². The molecule has 0 radical (unpaired) electrons. The van der Waals surface area contributed by atoms with Crippen LogP contribution in [-0.4, -0.2) is 21.6 Å². The highest BCUT2D eigenvalue weighted by molar-refractivity contribution is 7.80. The third kappa shape index (κ3) is 2.23. The molecule has 0 saturated carbocycles. The number of hydrogen-bond donors (Lipinski definition) is 0. The zero-order valence-corrected chi connectivity index (χ0v) is 6.97. The Morgan fingerprint density at radius 2 is 2.45 bits per heavy atom. The van der Waals surface area contributed by atoms with Gasteiger partial charge in [-0.3, -0.25) is 4.98 Å². The molecule has 4 heteroatoms. The van der Waals surface area contributed by atoms with Crippen LogP contribution in [0.3, 0.4) is 0 Å². The van der Waals surface area contributed by atoms with E-state index in [1.165, 1.54) is 0 Å². The molecule has 58 valence electrons. The van der Waals surface area contributed by atoms with Crippen LogP contribution in [0.25, 0.3) is 0 Å². The average molecular weight is 168 g/mol. The van der Waals surface area contributed by atoms with E-state index in [0.717, 1.165) is 0 Å². The number of nitrogens with zero attached hydrogens (tertiary/aromatic N) is 2. The summed E-state index contributed by atoms with van der Waals surface area (Å²) in [6.07, 6.45) is 4.76. The molecule has 0 spiro atoms. The lowest BCUT2D eigenvalue weighted by Crippen LogP contribution is -2.05. The molecule has 0 aliphatic carbocycles. The predicted molar refractivity (Wildman–Crippen MR) is 45.4 cm³/mol. The molecular formula is C7H8N2OS. The van der Waals surface area contributed by atoms with Gasteiger partial charge in [0.2, 0.25) is 5.05 Å². The molecule has 0 fully saturated rings. The number of hydrogen-bond acceptors (Lipinski definition) is 4. The van der Waals surface area contributed by atoms with E-state index in [2.05, 4.69) is 9.97 Å². The van der Waals surface area contributed by atoms with Crippen molar-refractivity contribution >= 4 is 17.3 Å². The van der Waals surface area contributed by atoms with Gasteiger partial charge in [-0.15, -0.1) is 0 Å². The van der Waals surface area contributed by atoms with Crippen molar-refractivity contribution in [3.05, 3.63) is 24.3 Å². The standard InChI is InChI=1S/C7H8N2OS/c1-2-10-7(11)6-5-8-3-4-9-6/h3-5H,2H2,1H3. The van der Waals surface area contributed by atoms with Gasteiger partial charge in [-0.1, -0.05) is 0 Å². The van der Waals surface area contributed by atoms with Crippen molar-refractivity contribution < 1.29 is 4.74 Å². The molecule has 1 aromatic rings. The molecule has 0 saturated heterocycles. The summed E-state index contributed by atoms with van der Waals surface area (Å²) in [6.45, 7) is 2.44. The Bertz CT molecular complexity index is 237. The second-order valence-electron chi connectivity index (χ2n) is 1.81. The minimum absolute atomic E-state index is 0.403. The van der Waals surface area contributed by atoms with Crippen molar-refractivity contribution in [2.75, 3.05) is 6.61 Å². The lowest BCUT2D eigenvalue weighted by molar-refractivity contribution is 0.336. The molecule has 0 unspecified atom stereocenters. The zero-order chi connectivity index (χ0) is 8.10. The van der Waals surface area contributed by atoms with E-state index in [9.17, 15) is 0 Å². The van der Waals surface area contributed by atoms with Crippen LogP contribution in [0.1, 0.15) is 12.6 Å². The summed E-state index contributed by atoms with van der Waals surface area (Å²) in [7, 11) is 0.